The number of hydrogen-bond acceptors (Lipinski definition) is 12. The predicted molar refractivity (Wildman–Crippen MR) is 150 cm³/mol. The molecule has 2 aliphatic rings. The molecule has 216 valence electrons. The van der Waals surface area contributed by atoms with Crippen LogP contribution in [0.3, 0.4) is 0 Å². The van der Waals surface area contributed by atoms with E-state index >= 15 is 0 Å². The number of esters is 1. The van der Waals surface area contributed by atoms with Gasteiger partial charge in [0.05, 0.1) is 9.96 Å². The van der Waals surface area contributed by atoms with Crippen LogP contribution in [-0.4, -0.2) is 68.5 Å². The number of halogens is 1. The molecule has 1 saturated heterocycles. The average molecular weight is 623 g/mol. The van der Waals surface area contributed by atoms with Crippen molar-refractivity contribution in [2.75, 3.05) is 17.7 Å². The van der Waals surface area contributed by atoms with Crippen molar-refractivity contribution >= 4 is 75.4 Å². The van der Waals surface area contributed by atoms with Crippen LogP contribution >= 0.6 is 34.7 Å². The van der Waals surface area contributed by atoms with E-state index in [2.05, 4.69) is 20.8 Å². The van der Waals surface area contributed by atoms with Crippen LogP contribution in [-0.2, 0) is 35.4 Å². The van der Waals surface area contributed by atoms with Crippen molar-refractivity contribution in [2.45, 2.75) is 37.8 Å². The molecule has 1 fully saturated rings. The number of benzene rings is 1. The Labute approximate surface area is 246 Å². The number of thiazole rings is 1. The van der Waals surface area contributed by atoms with E-state index < -0.39 is 34.1 Å². The molecule has 0 saturated carbocycles. The molecule has 2 aromatic rings. The van der Waals surface area contributed by atoms with Crippen molar-refractivity contribution in [3.63, 3.8) is 0 Å². The number of aromatic nitrogens is 1. The second-order valence-electron chi connectivity index (χ2n) is 8.54. The maximum atomic E-state index is 13.2. The van der Waals surface area contributed by atoms with Gasteiger partial charge in [-0.1, -0.05) is 30.1 Å². The zero-order chi connectivity index (χ0) is 29.5. The van der Waals surface area contributed by atoms with E-state index in [-0.39, 0.29) is 51.9 Å². The molecule has 41 heavy (non-hydrogen) atoms. The smallest absolute Gasteiger partial charge is 0.356 e. The molecule has 2 N–H and O–H groups in total. The van der Waals surface area contributed by atoms with Crippen LogP contribution in [0.1, 0.15) is 31.0 Å². The second-order valence-corrected chi connectivity index (χ2v) is 11.0. The number of carbonyl (C=O) groups is 4. The number of rotatable bonds is 13. The standard InChI is InChI=1S/C24H23ClN6O8S2/c1-2-3-8-39-29-17(16-11-41-24(27-16)26-12-32)20(33)28-18-21(34)30-19(15(25)10-40-22(18)30)23(35)38-9-13-4-6-14(7-5-13)31(36)37/h4-7,11-12,18,22H,2-3,8-10H2,1H3,(H,28,33)(H,26,27,32)/t18?,22-/m1/s1. The molecule has 0 bridgehead atoms. The van der Waals surface area contributed by atoms with E-state index in [0.29, 0.717) is 18.4 Å². The fourth-order valence-electron chi connectivity index (χ4n) is 3.74. The van der Waals surface area contributed by atoms with E-state index in [0.717, 1.165) is 17.8 Å². The molecule has 0 aliphatic carbocycles. The zero-order valence-electron chi connectivity index (χ0n) is 21.4. The Balaban J connectivity index is 1.43. The molecule has 1 unspecified atom stereocenters. The van der Waals surface area contributed by atoms with Gasteiger partial charge >= 0.3 is 5.97 Å². The third kappa shape index (κ3) is 6.83. The van der Waals surface area contributed by atoms with Gasteiger partial charge in [-0.25, -0.2) is 9.78 Å². The maximum Gasteiger partial charge on any atom is 0.356 e. The highest BCUT2D eigenvalue weighted by atomic mass is 35.5. The van der Waals surface area contributed by atoms with Crippen LogP contribution in [0.5, 0.6) is 0 Å². The molecule has 0 spiro atoms. The summed E-state index contributed by atoms with van der Waals surface area (Å²) in [6.45, 7) is 2.03. The van der Waals surface area contributed by atoms with Gasteiger partial charge in [0.15, 0.2) is 10.8 Å². The number of thioether (sulfide) groups is 1. The number of nitro groups is 1. The Morgan fingerprint density at radius 1 is 1.34 bits per heavy atom. The van der Waals surface area contributed by atoms with Crippen LogP contribution < -0.4 is 10.6 Å². The highest BCUT2D eigenvalue weighted by Gasteiger charge is 2.54. The lowest BCUT2D eigenvalue weighted by molar-refractivity contribution is -0.384. The Kier molecular flexibility index (Phi) is 9.91. The second kappa shape index (κ2) is 13.6. The lowest BCUT2D eigenvalue weighted by Crippen LogP contribution is -2.71. The molecular formula is C24H23ClN6O8S2. The molecular weight excluding hydrogens is 600 g/mol. The number of β-lactam (4-membered cyclic amide) rings is 1. The number of ether oxygens (including phenoxy) is 1. The van der Waals surface area contributed by atoms with Crippen molar-refractivity contribution in [1.82, 2.24) is 15.2 Å². The molecule has 3 amide bonds. The van der Waals surface area contributed by atoms with Crippen LogP contribution in [0.25, 0.3) is 0 Å². The van der Waals surface area contributed by atoms with Crippen LogP contribution in [0, 0.1) is 10.1 Å². The molecule has 4 rings (SSSR count). The summed E-state index contributed by atoms with van der Waals surface area (Å²) < 4.78 is 5.32. The Bertz CT molecular complexity index is 1410. The third-order valence-electron chi connectivity index (χ3n) is 5.81. The minimum atomic E-state index is -0.998. The number of amides is 3. The monoisotopic (exact) mass is 622 g/mol. The minimum absolute atomic E-state index is 0.106. The summed E-state index contributed by atoms with van der Waals surface area (Å²) in [5.41, 5.74) is 0.231. The van der Waals surface area contributed by atoms with Crippen molar-refractivity contribution < 1.29 is 33.7 Å². The van der Waals surface area contributed by atoms with Crippen LogP contribution in [0.4, 0.5) is 10.8 Å². The maximum absolute atomic E-state index is 13.2. The molecule has 1 aromatic heterocycles. The molecule has 17 heteroatoms. The van der Waals surface area contributed by atoms with E-state index in [1.54, 1.807) is 0 Å². The quantitative estimate of drug-likeness (QED) is 0.0640. The fraction of sp³-hybridized carbons (Fsp3) is 0.333. The summed E-state index contributed by atoms with van der Waals surface area (Å²) in [4.78, 5) is 70.9. The Hall–Kier alpha value is -4.02. The van der Waals surface area contributed by atoms with Gasteiger partial charge in [-0.3, -0.25) is 29.4 Å². The third-order valence-corrected chi connectivity index (χ3v) is 8.33. The number of nitrogens with one attached hydrogen (secondary N) is 2. The summed E-state index contributed by atoms with van der Waals surface area (Å²) in [7, 11) is 0. The van der Waals surface area contributed by atoms with Gasteiger partial charge in [0.1, 0.15) is 36.0 Å². The van der Waals surface area contributed by atoms with Gasteiger partial charge < -0.3 is 20.2 Å². The van der Waals surface area contributed by atoms with Crippen molar-refractivity contribution in [2.24, 2.45) is 5.16 Å². The van der Waals surface area contributed by atoms with Crippen molar-refractivity contribution in [1.29, 1.82) is 0 Å². The molecule has 2 aliphatic heterocycles. The minimum Gasteiger partial charge on any atom is -0.456 e. The van der Waals surface area contributed by atoms with E-state index in [1.807, 2.05) is 6.92 Å². The SMILES string of the molecule is CCCCON=C(C(=O)NC1C(=O)N2C(C(=O)OCc3ccc([N+](=O)[O-])cc3)=C(Cl)CS[C@H]12)c1csc(NC=O)n1. The van der Waals surface area contributed by atoms with Crippen LogP contribution in [0.2, 0.25) is 0 Å². The Morgan fingerprint density at radius 2 is 2.10 bits per heavy atom. The fourth-order valence-corrected chi connectivity index (χ4v) is 5.94. The number of nitro benzene ring substituents is 1. The molecule has 14 nitrogen and oxygen atoms in total. The van der Waals surface area contributed by atoms with E-state index in [9.17, 15) is 29.3 Å². The van der Waals surface area contributed by atoms with Gasteiger partial charge in [0, 0.05) is 23.3 Å². The van der Waals surface area contributed by atoms with Crippen molar-refractivity contribution in [3.8, 4) is 0 Å². The number of carbonyl (C=O) groups excluding carboxylic acids is 4. The number of oxime groups is 1. The van der Waals surface area contributed by atoms with Crippen molar-refractivity contribution in [3.05, 3.63) is 61.7 Å². The highest BCUT2D eigenvalue weighted by Crippen LogP contribution is 2.41. The first-order valence-electron chi connectivity index (χ1n) is 12.2. The highest BCUT2D eigenvalue weighted by molar-refractivity contribution is 8.00. The largest absolute Gasteiger partial charge is 0.456 e. The van der Waals surface area contributed by atoms with Gasteiger partial charge in [0.2, 0.25) is 6.41 Å². The molecule has 2 atom stereocenters. The van der Waals surface area contributed by atoms with Gasteiger partial charge in [-0.05, 0) is 24.1 Å². The normalized spacial score (nSPS) is 18.2. The average Bonchev–Trinajstić information content (AvgIpc) is 3.42. The first kappa shape index (κ1) is 30.0. The summed E-state index contributed by atoms with van der Waals surface area (Å²) >= 11 is 8.63. The first-order valence-corrected chi connectivity index (χ1v) is 14.5. The Morgan fingerprint density at radius 3 is 2.78 bits per heavy atom. The molecule has 3 heterocycles. The lowest BCUT2D eigenvalue weighted by atomic mass is 10.0. The molecule has 0 radical (unpaired) electrons. The zero-order valence-corrected chi connectivity index (χ0v) is 23.8. The number of unbranched alkanes of at least 4 members (excludes halogenated alkanes) is 1. The topological polar surface area (TPSA) is 182 Å². The summed E-state index contributed by atoms with van der Waals surface area (Å²) in [5, 5.41) is 21.0. The van der Waals surface area contributed by atoms with Gasteiger partial charge in [-0.2, -0.15) is 0 Å². The predicted octanol–water partition coefficient (Wildman–Crippen LogP) is 2.73. The summed E-state index contributed by atoms with van der Waals surface area (Å²) in [5.74, 6) is -1.96. The first-order chi connectivity index (χ1) is 19.7. The van der Waals surface area contributed by atoms with Gasteiger partial charge in [-0.15, -0.1) is 23.1 Å². The van der Waals surface area contributed by atoms with E-state index in [4.69, 9.17) is 21.2 Å². The summed E-state index contributed by atoms with van der Waals surface area (Å²) in [6, 6.07) is 4.47. The molecule has 1 aromatic carbocycles. The number of fused-ring (bicyclic) bond motifs is 1. The number of anilines is 1. The number of non-ortho nitro benzene ring substituents is 1. The lowest BCUT2D eigenvalue weighted by Gasteiger charge is -2.49. The van der Waals surface area contributed by atoms with Crippen LogP contribution in [0.15, 0.2) is 45.5 Å². The number of hydrogen-bond donors (Lipinski definition) is 2. The number of nitrogens with zero attached hydrogens (tertiary/aromatic N) is 4. The summed E-state index contributed by atoms with van der Waals surface area (Å²) in [6.07, 6.45) is 2.01. The van der Waals surface area contributed by atoms with E-state index in [1.165, 1.54) is 46.3 Å². The van der Waals surface area contributed by atoms with Gasteiger partial charge in [0.25, 0.3) is 17.5 Å².